The van der Waals surface area contributed by atoms with Crippen LogP contribution in [-0.4, -0.2) is 62.3 Å². The van der Waals surface area contributed by atoms with Gasteiger partial charge in [0.2, 0.25) is 0 Å². The van der Waals surface area contributed by atoms with Crippen molar-refractivity contribution in [2.45, 2.75) is 33.3 Å². The van der Waals surface area contributed by atoms with Crippen molar-refractivity contribution in [3.05, 3.63) is 28.7 Å². The summed E-state index contributed by atoms with van der Waals surface area (Å²) in [6, 6.07) is 1.91. The normalized spacial score (nSPS) is 18.1. The Morgan fingerprint density at radius 1 is 1.38 bits per heavy atom. The number of carboxylic acids is 1. The molecule has 0 radical (unpaired) electrons. The van der Waals surface area contributed by atoms with Gasteiger partial charge in [0.25, 0.3) is 5.91 Å². The first-order valence-corrected chi connectivity index (χ1v) is 7.83. The van der Waals surface area contributed by atoms with E-state index in [0.717, 1.165) is 11.4 Å². The predicted octanol–water partition coefficient (Wildman–Crippen LogP) is 0.970. The van der Waals surface area contributed by atoms with Gasteiger partial charge in [0.1, 0.15) is 5.56 Å². The average Bonchev–Trinajstić information content (AvgIpc) is 2.82. The highest BCUT2D eigenvalue weighted by Gasteiger charge is 2.30. The number of morpholine rings is 1. The molecule has 0 spiro atoms. The second kappa shape index (κ2) is 6.20. The Morgan fingerprint density at radius 3 is 2.83 bits per heavy atom. The molecule has 2 aromatic heterocycles. The third kappa shape index (κ3) is 2.96. The van der Waals surface area contributed by atoms with E-state index in [-0.39, 0.29) is 18.9 Å². The maximum absolute atomic E-state index is 13.0. The Labute approximate surface area is 139 Å². The van der Waals surface area contributed by atoms with Crippen LogP contribution >= 0.6 is 0 Å². The van der Waals surface area contributed by atoms with Crippen LogP contribution in [-0.2, 0) is 9.53 Å². The molecule has 3 rings (SSSR count). The highest BCUT2D eigenvalue weighted by atomic mass is 16.5. The molecule has 1 aliphatic heterocycles. The van der Waals surface area contributed by atoms with E-state index in [1.54, 1.807) is 16.3 Å². The SMILES string of the molecule is Cc1cc(C)n2nc(C)c(C(=O)N3CCO[C@@H](CC(=O)O)C3)c2n1. The molecule has 8 nitrogen and oxygen atoms in total. The van der Waals surface area contributed by atoms with E-state index in [1.807, 2.05) is 19.9 Å². The number of nitrogens with zero attached hydrogens (tertiary/aromatic N) is 4. The van der Waals surface area contributed by atoms with Crippen molar-refractivity contribution >= 4 is 17.5 Å². The molecular formula is C16H20N4O4. The molecule has 0 aromatic carbocycles. The lowest BCUT2D eigenvalue weighted by Gasteiger charge is -2.32. The van der Waals surface area contributed by atoms with Gasteiger partial charge >= 0.3 is 5.97 Å². The monoisotopic (exact) mass is 332 g/mol. The summed E-state index contributed by atoms with van der Waals surface area (Å²) in [6.07, 6.45) is -0.604. The van der Waals surface area contributed by atoms with Crippen LogP contribution in [0.2, 0.25) is 0 Å². The number of rotatable bonds is 3. The van der Waals surface area contributed by atoms with E-state index in [1.165, 1.54) is 0 Å². The smallest absolute Gasteiger partial charge is 0.306 e. The van der Waals surface area contributed by atoms with Gasteiger partial charge in [0.05, 0.1) is 24.8 Å². The summed E-state index contributed by atoms with van der Waals surface area (Å²) in [7, 11) is 0. The largest absolute Gasteiger partial charge is 0.481 e. The van der Waals surface area contributed by atoms with Gasteiger partial charge in [-0.1, -0.05) is 0 Å². The molecule has 1 saturated heterocycles. The molecule has 1 N–H and O–H groups in total. The molecule has 0 bridgehead atoms. The summed E-state index contributed by atoms with van der Waals surface area (Å²) in [5, 5.41) is 13.3. The molecular weight excluding hydrogens is 312 g/mol. The number of ether oxygens (including phenoxy) is 1. The van der Waals surface area contributed by atoms with Crippen molar-refractivity contribution < 1.29 is 19.4 Å². The maximum Gasteiger partial charge on any atom is 0.306 e. The van der Waals surface area contributed by atoms with E-state index < -0.39 is 12.1 Å². The van der Waals surface area contributed by atoms with E-state index in [4.69, 9.17) is 9.84 Å². The van der Waals surface area contributed by atoms with Crippen molar-refractivity contribution in [2.24, 2.45) is 0 Å². The number of aliphatic carboxylic acids is 1. The summed E-state index contributed by atoms with van der Waals surface area (Å²) in [6.45, 7) is 6.59. The van der Waals surface area contributed by atoms with Gasteiger partial charge in [0.15, 0.2) is 5.65 Å². The van der Waals surface area contributed by atoms with Crippen molar-refractivity contribution in [3.63, 3.8) is 0 Å². The highest BCUT2D eigenvalue weighted by molar-refractivity contribution is 6.01. The zero-order valence-corrected chi connectivity index (χ0v) is 13.9. The van der Waals surface area contributed by atoms with E-state index in [2.05, 4.69) is 10.1 Å². The number of carbonyl (C=O) groups excluding carboxylic acids is 1. The molecule has 3 heterocycles. The van der Waals surface area contributed by atoms with Gasteiger partial charge in [-0.2, -0.15) is 5.10 Å². The zero-order chi connectivity index (χ0) is 17.4. The second-order valence-electron chi connectivity index (χ2n) is 6.08. The van der Waals surface area contributed by atoms with Gasteiger partial charge < -0.3 is 14.7 Å². The van der Waals surface area contributed by atoms with Crippen LogP contribution < -0.4 is 0 Å². The molecule has 1 amide bonds. The van der Waals surface area contributed by atoms with Crippen LogP contribution in [0.4, 0.5) is 0 Å². The fraction of sp³-hybridized carbons (Fsp3) is 0.500. The number of carbonyl (C=O) groups is 2. The van der Waals surface area contributed by atoms with Crippen LogP contribution in [0, 0.1) is 20.8 Å². The number of aryl methyl sites for hydroxylation is 3. The summed E-state index contributed by atoms with van der Waals surface area (Å²) in [5.74, 6) is -1.12. The van der Waals surface area contributed by atoms with E-state index >= 15 is 0 Å². The fourth-order valence-corrected chi connectivity index (χ4v) is 3.06. The van der Waals surface area contributed by atoms with Gasteiger partial charge in [0, 0.05) is 24.5 Å². The summed E-state index contributed by atoms with van der Waals surface area (Å²) in [4.78, 5) is 29.9. The minimum absolute atomic E-state index is 0.117. The maximum atomic E-state index is 13.0. The molecule has 1 atom stereocenters. The third-order valence-corrected chi connectivity index (χ3v) is 4.11. The quantitative estimate of drug-likeness (QED) is 0.899. The van der Waals surface area contributed by atoms with Gasteiger partial charge in [-0.15, -0.1) is 0 Å². The first-order valence-electron chi connectivity index (χ1n) is 7.83. The Bertz CT molecular complexity index is 814. The topological polar surface area (TPSA) is 97.0 Å². The van der Waals surface area contributed by atoms with E-state index in [9.17, 15) is 9.59 Å². The molecule has 24 heavy (non-hydrogen) atoms. The number of hydrogen-bond acceptors (Lipinski definition) is 5. The average molecular weight is 332 g/mol. The summed E-state index contributed by atoms with van der Waals surface area (Å²) < 4.78 is 7.10. The highest BCUT2D eigenvalue weighted by Crippen LogP contribution is 2.20. The van der Waals surface area contributed by atoms with Crippen LogP contribution in [0.1, 0.15) is 33.9 Å². The molecule has 128 valence electrons. The lowest BCUT2D eigenvalue weighted by atomic mass is 10.1. The number of hydrogen-bond donors (Lipinski definition) is 1. The number of carboxylic acid groups (broad SMARTS) is 1. The van der Waals surface area contributed by atoms with Crippen molar-refractivity contribution in [3.8, 4) is 0 Å². The Kier molecular flexibility index (Phi) is 4.23. The summed E-state index contributed by atoms with van der Waals surface area (Å²) >= 11 is 0. The van der Waals surface area contributed by atoms with Crippen molar-refractivity contribution in [2.75, 3.05) is 19.7 Å². The van der Waals surface area contributed by atoms with Crippen LogP contribution in [0.5, 0.6) is 0 Å². The molecule has 0 aliphatic carbocycles. The Hall–Kier alpha value is -2.48. The van der Waals surface area contributed by atoms with Crippen LogP contribution in [0.25, 0.3) is 5.65 Å². The van der Waals surface area contributed by atoms with Crippen LogP contribution in [0.15, 0.2) is 6.07 Å². The second-order valence-corrected chi connectivity index (χ2v) is 6.08. The predicted molar refractivity (Wildman–Crippen MR) is 85.1 cm³/mol. The van der Waals surface area contributed by atoms with Gasteiger partial charge in [-0.05, 0) is 26.8 Å². The fourth-order valence-electron chi connectivity index (χ4n) is 3.06. The molecule has 8 heteroatoms. The van der Waals surface area contributed by atoms with Crippen molar-refractivity contribution in [1.82, 2.24) is 19.5 Å². The standard InChI is InChI=1S/C16H20N4O4/c1-9-6-10(2)20-15(17-9)14(11(3)18-20)16(23)19-4-5-24-12(8-19)7-13(21)22/h6,12H,4-5,7-8H2,1-3H3,(H,21,22)/t12-/m0/s1. The molecule has 0 saturated carbocycles. The molecule has 1 fully saturated rings. The first-order chi connectivity index (χ1) is 11.4. The summed E-state index contributed by atoms with van der Waals surface area (Å²) in [5.41, 5.74) is 3.35. The number of fused-ring (bicyclic) bond motifs is 1. The Morgan fingerprint density at radius 2 is 2.12 bits per heavy atom. The zero-order valence-electron chi connectivity index (χ0n) is 13.9. The van der Waals surface area contributed by atoms with Gasteiger partial charge in [-0.3, -0.25) is 9.59 Å². The Balaban J connectivity index is 1.94. The lowest BCUT2D eigenvalue weighted by molar-refractivity contribution is -0.141. The lowest BCUT2D eigenvalue weighted by Crippen LogP contribution is -2.46. The van der Waals surface area contributed by atoms with Crippen molar-refractivity contribution in [1.29, 1.82) is 0 Å². The number of aromatic nitrogens is 3. The van der Waals surface area contributed by atoms with E-state index in [0.29, 0.717) is 30.1 Å². The first kappa shape index (κ1) is 16.4. The minimum atomic E-state index is -0.936. The molecule has 1 aliphatic rings. The number of amides is 1. The minimum Gasteiger partial charge on any atom is -0.481 e. The van der Waals surface area contributed by atoms with Gasteiger partial charge in [-0.25, -0.2) is 9.50 Å². The third-order valence-electron chi connectivity index (χ3n) is 4.11. The van der Waals surface area contributed by atoms with Crippen LogP contribution in [0.3, 0.4) is 0 Å². The molecule has 0 unspecified atom stereocenters. The molecule has 2 aromatic rings.